The Morgan fingerprint density at radius 1 is 1.62 bits per heavy atom. The maximum atomic E-state index is 11.4. The highest BCUT2D eigenvalue weighted by molar-refractivity contribution is 5.74. The second-order valence-electron chi connectivity index (χ2n) is 4.04. The van der Waals surface area contributed by atoms with Gasteiger partial charge >= 0.3 is 5.97 Å². The first kappa shape index (κ1) is 12.7. The van der Waals surface area contributed by atoms with Crippen molar-refractivity contribution in [2.24, 2.45) is 11.8 Å². The van der Waals surface area contributed by atoms with E-state index in [9.17, 15) is 14.7 Å². The third-order valence-electron chi connectivity index (χ3n) is 2.36. The van der Waals surface area contributed by atoms with Crippen LogP contribution in [-0.4, -0.2) is 30.1 Å². The molecule has 16 heavy (non-hydrogen) atoms. The van der Waals surface area contributed by atoms with Crippen molar-refractivity contribution in [1.29, 1.82) is 0 Å². The average Bonchev–Trinajstić information content (AvgIpc) is 2.23. The number of aliphatic hydroxyl groups excluding tert-OH is 1. The highest BCUT2D eigenvalue weighted by Gasteiger charge is 2.33. The fraction of sp³-hybridized carbons (Fsp3) is 0.636. The van der Waals surface area contributed by atoms with Gasteiger partial charge in [0.1, 0.15) is 30.7 Å². The molecule has 0 amide bonds. The third-order valence-corrected chi connectivity index (χ3v) is 2.36. The van der Waals surface area contributed by atoms with Crippen LogP contribution in [0.5, 0.6) is 0 Å². The molecular formula is C11H16O5. The van der Waals surface area contributed by atoms with Gasteiger partial charge in [0, 0.05) is 0 Å². The van der Waals surface area contributed by atoms with E-state index < -0.39 is 18.0 Å². The molecular weight excluding hydrogens is 212 g/mol. The maximum Gasteiger partial charge on any atom is 0.313 e. The molecule has 5 nitrogen and oxygen atoms in total. The zero-order valence-electron chi connectivity index (χ0n) is 9.60. The molecule has 2 unspecified atom stereocenters. The lowest BCUT2D eigenvalue weighted by atomic mass is 9.99. The first-order valence-corrected chi connectivity index (χ1v) is 5.16. The number of hydrogen-bond acceptors (Lipinski definition) is 5. The number of esters is 1. The van der Waals surface area contributed by atoms with Crippen LogP contribution in [0.25, 0.3) is 0 Å². The Labute approximate surface area is 94.0 Å². The predicted octanol–water partition coefficient (Wildman–Crippen LogP) is 0.623. The molecule has 5 heteroatoms. The van der Waals surface area contributed by atoms with Crippen molar-refractivity contribution in [3.8, 4) is 0 Å². The van der Waals surface area contributed by atoms with Crippen LogP contribution in [-0.2, 0) is 19.1 Å². The van der Waals surface area contributed by atoms with Gasteiger partial charge in [0.2, 0.25) is 0 Å². The van der Waals surface area contributed by atoms with Crippen LogP contribution in [0.1, 0.15) is 20.8 Å². The first-order valence-electron chi connectivity index (χ1n) is 5.16. The molecule has 0 aromatic carbocycles. The topological polar surface area (TPSA) is 72.8 Å². The van der Waals surface area contributed by atoms with Crippen LogP contribution >= 0.6 is 0 Å². The zero-order chi connectivity index (χ0) is 12.3. The summed E-state index contributed by atoms with van der Waals surface area (Å²) in [5.74, 6) is -1.08. The molecule has 0 aliphatic carbocycles. The average molecular weight is 228 g/mol. The van der Waals surface area contributed by atoms with E-state index in [1.165, 1.54) is 0 Å². The minimum absolute atomic E-state index is 0.0397. The zero-order valence-corrected chi connectivity index (χ0v) is 9.60. The lowest BCUT2D eigenvalue weighted by Gasteiger charge is -2.27. The number of hydrogen-bond donors (Lipinski definition) is 1. The quantitative estimate of drug-likeness (QED) is 0.566. The van der Waals surface area contributed by atoms with E-state index in [-0.39, 0.29) is 18.3 Å². The van der Waals surface area contributed by atoms with Gasteiger partial charge in [0.25, 0.3) is 0 Å². The molecule has 0 saturated heterocycles. The van der Waals surface area contributed by atoms with Crippen LogP contribution in [0.3, 0.4) is 0 Å². The summed E-state index contributed by atoms with van der Waals surface area (Å²) in [6.07, 6.45) is -0.393. The standard InChI is InChI=1S/C11H16O5/c1-6(2)11(14)16-10-7(3)15-5-9(13)8(10)4-12/h4,6,8-9,13H,5H2,1-3H3. The number of carbonyl (C=O) groups is 2. The molecule has 2 atom stereocenters. The van der Waals surface area contributed by atoms with Gasteiger partial charge in [-0.15, -0.1) is 0 Å². The van der Waals surface area contributed by atoms with Gasteiger partial charge < -0.3 is 19.4 Å². The van der Waals surface area contributed by atoms with E-state index in [2.05, 4.69) is 0 Å². The van der Waals surface area contributed by atoms with Crippen molar-refractivity contribution in [2.45, 2.75) is 26.9 Å². The summed E-state index contributed by atoms with van der Waals surface area (Å²) in [5.41, 5.74) is 0. The lowest BCUT2D eigenvalue weighted by molar-refractivity contribution is -0.146. The van der Waals surface area contributed by atoms with Gasteiger partial charge in [-0.05, 0) is 6.92 Å². The number of rotatable bonds is 3. The number of ether oxygens (including phenoxy) is 2. The van der Waals surface area contributed by atoms with Crippen molar-refractivity contribution in [3.05, 3.63) is 11.5 Å². The van der Waals surface area contributed by atoms with Crippen LogP contribution in [0, 0.1) is 11.8 Å². The van der Waals surface area contributed by atoms with Gasteiger partial charge in [0.05, 0.1) is 5.92 Å². The molecule has 0 saturated carbocycles. The normalized spacial score (nSPS) is 25.3. The summed E-state index contributed by atoms with van der Waals surface area (Å²) in [4.78, 5) is 22.3. The minimum Gasteiger partial charge on any atom is -0.492 e. The monoisotopic (exact) mass is 228 g/mol. The largest absolute Gasteiger partial charge is 0.492 e. The van der Waals surface area contributed by atoms with E-state index in [4.69, 9.17) is 9.47 Å². The van der Waals surface area contributed by atoms with Gasteiger partial charge in [0.15, 0.2) is 5.76 Å². The van der Waals surface area contributed by atoms with Gasteiger partial charge in [-0.25, -0.2) is 0 Å². The van der Waals surface area contributed by atoms with Crippen molar-refractivity contribution in [1.82, 2.24) is 0 Å². The second kappa shape index (κ2) is 5.12. The molecule has 1 N–H and O–H groups in total. The third kappa shape index (κ3) is 2.61. The maximum absolute atomic E-state index is 11.4. The Morgan fingerprint density at radius 3 is 2.75 bits per heavy atom. The highest BCUT2D eigenvalue weighted by atomic mass is 16.6. The molecule has 0 spiro atoms. The van der Waals surface area contributed by atoms with Crippen LogP contribution < -0.4 is 0 Å². The first-order chi connectivity index (χ1) is 7.47. The van der Waals surface area contributed by atoms with E-state index >= 15 is 0 Å². The molecule has 0 aromatic rings. The van der Waals surface area contributed by atoms with E-state index in [1.807, 2.05) is 0 Å². The predicted molar refractivity (Wildman–Crippen MR) is 55.1 cm³/mol. The summed E-state index contributed by atoms with van der Waals surface area (Å²) in [7, 11) is 0. The summed E-state index contributed by atoms with van der Waals surface area (Å²) < 4.78 is 10.2. The molecule has 0 radical (unpaired) electrons. The van der Waals surface area contributed by atoms with Crippen molar-refractivity contribution >= 4 is 12.3 Å². The molecule has 1 heterocycles. The number of aldehydes is 1. The van der Waals surface area contributed by atoms with Crippen molar-refractivity contribution in [2.75, 3.05) is 6.61 Å². The summed E-state index contributed by atoms with van der Waals surface area (Å²) in [6, 6.07) is 0. The van der Waals surface area contributed by atoms with Crippen molar-refractivity contribution < 1.29 is 24.2 Å². The molecule has 1 aliphatic rings. The SMILES string of the molecule is CC1=C(OC(=O)C(C)C)C(C=O)C(O)CO1. The summed E-state index contributed by atoms with van der Waals surface area (Å²) in [5, 5.41) is 9.53. The number of allylic oxidation sites excluding steroid dienone is 1. The number of aliphatic hydroxyl groups is 1. The molecule has 0 fully saturated rings. The van der Waals surface area contributed by atoms with E-state index in [0.717, 1.165) is 0 Å². The summed E-state index contributed by atoms with van der Waals surface area (Å²) >= 11 is 0. The van der Waals surface area contributed by atoms with Crippen LogP contribution in [0.2, 0.25) is 0 Å². The fourth-order valence-corrected chi connectivity index (χ4v) is 1.31. The van der Waals surface area contributed by atoms with Gasteiger partial charge in [-0.3, -0.25) is 4.79 Å². The number of carbonyl (C=O) groups excluding carboxylic acids is 2. The summed E-state index contributed by atoms with van der Waals surface area (Å²) in [6.45, 7) is 5.02. The molecule has 1 aliphatic heterocycles. The molecule has 90 valence electrons. The Morgan fingerprint density at radius 2 is 2.25 bits per heavy atom. The smallest absolute Gasteiger partial charge is 0.313 e. The van der Waals surface area contributed by atoms with Gasteiger partial charge in [-0.2, -0.15) is 0 Å². The van der Waals surface area contributed by atoms with Crippen molar-refractivity contribution in [3.63, 3.8) is 0 Å². The Balaban J connectivity index is 2.88. The minimum atomic E-state index is -0.962. The Bertz CT molecular complexity index is 318. The van der Waals surface area contributed by atoms with E-state index in [1.54, 1.807) is 20.8 Å². The Kier molecular flexibility index (Phi) is 4.06. The lowest BCUT2D eigenvalue weighted by Crippen LogP contribution is -2.35. The second-order valence-corrected chi connectivity index (χ2v) is 4.04. The highest BCUT2D eigenvalue weighted by Crippen LogP contribution is 2.26. The fourth-order valence-electron chi connectivity index (χ4n) is 1.31. The molecule has 0 bridgehead atoms. The Hall–Kier alpha value is -1.36. The molecule has 1 rings (SSSR count). The van der Waals surface area contributed by atoms with Crippen LogP contribution in [0.15, 0.2) is 11.5 Å². The molecule has 0 aromatic heterocycles. The van der Waals surface area contributed by atoms with Crippen LogP contribution in [0.4, 0.5) is 0 Å². The van der Waals surface area contributed by atoms with Gasteiger partial charge in [-0.1, -0.05) is 13.8 Å². The van der Waals surface area contributed by atoms with E-state index in [0.29, 0.717) is 12.0 Å².